The molecule has 19 heavy (non-hydrogen) atoms. The van der Waals surface area contributed by atoms with Crippen LogP contribution in [-0.4, -0.2) is 36.7 Å². The number of nitrogens with two attached hydrogens (primary N) is 1. The Morgan fingerprint density at radius 1 is 1.53 bits per heavy atom. The molecule has 1 rings (SSSR count). The summed E-state index contributed by atoms with van der Waals surface area (Å²) in [6.07, 6.45) is 0.334. The first kappa shape index (κ1) is 15.5. The normalized spacial score (nSPS) is 11.9. The summed E-state index contributed by atoms with van der Waals surface area (Å²) in [6, 6.07) is 3.99. The number of ether oxygens (including phenoxy) is 1. The zero-order chi connectivity index (χ0) is 14.4. The van der Waals surface area contributed by atoms with E-state index in [1.54, 1.807) is 12.1 Å². The Morgan fingerprint density at radius 2 is 2.21 bits per heavy atom. The first-order valence-corrected chi connectivity index (χ1v) is 6.32. The molecule has 0 aliphatic heterocycles. The molecule has 6 nitrogen and oxygen atoms in total. The van der Waals surface area contributed by atoms with Crippen LogP contribution in [0.3, 0.4) is 0 Å². The van der Waals surface area contributed by atoms with Crippen LogP contribution in [0.2, 0.25) is 0 Å². The number of hydrogen-bond acceptors (Lipinski definition) is 4. The van der Waals surface area contributed by atoms with Crippen LogP contribution in [0.4, 0.5) is 5.69 Å². The number of nitrogens with one attached hydrogen (secondary N) is 1. The number of carbonyl (C=O) groups is 2. The molecule has 0 aliphatic carbocycles. The number of carboxylic acid groups (broad SMARTS) is 1. The van der Waals surface area contributed by atoms with Crippen LogP contribution in [0.1, 0.15) is 16.8 Å². The number of aliphatic carboxylic acids is 1. The Bertz CT molecular complexity index is 479. The van der Waals surface area contributed by atoms with Gasteiger partial charge in [-0.05, 0) is 34.1 Å². The van der Waals surface area contributed by atoms with Crippen LogP contribution in [0.25, 0.3) is 0 Å². The molecule has 0 saturated heterocycles. The van der Waals surface area contributed by atoms with Gasteiger partial charge in [0.15, 0.2) is 0 Å². The molecule has 4 N–H and O–H groups in total. The van der Waals surface area contributed by atoms with E-state index in [9.17, 15) is 9.59 Å². The SMILES string of the molecule is COCCC(Nc1ccc(C(N)=O)c(Br)c1)C(=O)O. The van der Waals surface area contributed by atoms with E-state index in [0.29, 0.717) is 28.8 Å². The van der Waals surface area contributed by atoms with Crippen molar-refractivity contribution in [3.05, 3.63) is 28.2 Å². The van der Waals surface area contributed by atoms with Crippen LogP contribution in [0.5, 0.6) is 0 Å². The van der Waals surface area contributed by atoms with Crippen molar-refractivity contribution in [2.75, 3.05) is 19.0 Å². The monoisotopic (exact) mass is 330 g/mol. The minimum Gasteiger partial charge on any atom is -0.480 e. The van der Waals surface area contributed by atoms with Gasteiger partial charge in [-0.3, -0.25) is 4.79 Å². The quantitative estimate of drug-likeness (QED) is 0.702. The van der Waals surface area contributed by atoms with E-state index in [4.69, 9.17) is 15.6 Å². The lowest BCUT2D eigenvalue weighted by molar-refractivity contribution is -0.138. The number of rotatable bonds is 7. The zero-order valence-electron chi connectivity index (χ0n) is 10.4. The highest BCUT2D eigenvalue weighted by Crippen LogP contribution is 2.22. The number of halogens is 1. The number of carbonyl (C=O) groups excluding carboxylic acids is 1. The van der Waals surface area contributed by atoms with Gasteiger partial charge in [-0.25, -0.2) is 4.79 Å². The first-order chi connectivity index (χ1) is 8.95. The highest BCUT2D eigenvalue weighted by atomic mass is 79.9. The summed E-state index contributed by atoms with van der Waals surface area (Å²) in [6.45, 7) is 0.338. The smallest absolute Gasteiger partial charge is 0.326 e. The van der Waals surface area contributed by atoms with Crippen molar-refractivity contribution >= 4 is 33.5 Å². The Kier molecular flexibility index (Phi) is 5.78. The second-order valence-corrected chi connectivity index (χ2v) is 4.73. The molecule has 104 valence electrons. The molecule has 1 atom stereocenters. The minimum absolute atomic E-state index is 0.334. The number of methoxy groups -OCH3 is 1. The maximum Gasteiger partial charge on any atom is 0.326 e. The van der Waals surface area contributed by atoms with Gasteiger partial charge in [0.1, 0.15) is 6.04 Å². The van der Waals surface area contributed by atoms with Crippen LogP contribution in [-0.2, 0) is 9.53 Å². The highest BCUT2D eigenvalue weighted by molar-refractivity contribution is 9.10. The molecule has 0 radical (unpaired) electrons. The Balaban J connectivity index is 2.82. The maximum atomic E-state index is 11.1. The van der Waals surface area contributed by atoms with Crippen LogP contribution in [0, 0.1) is 0 Å². The zero-order valence-corrected chi connectivity index (χ0v) is 11.9. The van der Waals surface area contributed by atoms with Gasteiger partial charge in [0.2, 0.25) is 5.91 Å². The molecule has 1 aromatic rings. The first-order valence-electron chi connectivity index (χ1n) is 5.53. The van der Waals surface area contributed by atoms with Crippen molar-refractivity contribution in [3.63, 3.8) is 0 Å². The Hall–Kier alpha value is -1.60. The molecule has 0 saturated carbocycles. The van der Waals surface area contributed by atoms with E-state index in [1.807, 2.05) is 0 Å². The van der Waals surface area contributed by atoms with Crippen molar-refractivity contribution in [1.29, 1.82) is 0 Å². The second-order valence-electron chi connectivity index (χ2n) is 3.88. The molecule has 1 amide bonds. The van der Waals surface area contributed by atoms with Crippen LogP contribution in [0.15, 0.2) is 22.7 Å². The van der Waals surface area contributed by atoms with Gasteiger partial charge in [0, 0.05) is 30.3 Å². The van der Waals surface area contributed by atoms with E-state index < -0.39 is 17.9 Å². The van der Waals surface area contributed by atoms with Gasteiger partial charge in [-0.2, -0.15) is 0 Å². The fourth-order valence-corrected chi connectivity index (χ4v) is 2.07. The fourth-order valence-electron chi connectivity index (χ4n) is 1.50. The molecule has 0 bridgehead atoms. The number of benzene rings is 1. The van der Waals surface area contributed by atoms with Crippen molar-refractivity contribution in [2.45, 2.75) is 12.5 Å². The number of carboxylic acids is 1. The summed E-state index contributed by atoms with van der Waals surface area (Å²) in [4.78, 5) is 22.1. The average Bonchev–Trinajstić information content (AvgIpc) is 2.33. The molecule has 0 heterocycles. The summed E-state index contributed by atoms with van der Waals surface area (Å²) in [5, 5.41) is 11.9. The molecule has 0 aliphatic rings. The van der Waals surface area contributed by atoms with E-state index >= 15 is 0 Å². The predicted molar refractivity (Wildman–Crippen MR) is 74.2 cm³/mol. The van der Waals surface area contributed by atoms with Crippen molar-refractivity contribution in [1.82, 2.24) is 0 Å². The van der Waals surface area contributed by atoms with E-state index in [0.717, 1.165) is 0 Å². The number of primary amides is 1. The molecule has 0 spiro atoms. The summed E-state index contributed by atoms with van der Waals surface area (Å²) in [5.74, 6) is -1.51. The lowest BCUT2D eigenvalue weighted by Crippen LogP contribution is -2.30. The van der Waals surface area contributed by atoms with Crippen molar-refractivity contribution < 1.29 is 19.4 Å². The topological polar surface area (TPSA) is 102 Å². The Labute approximate surface area is 119 Å². The molecular formula is C12H15BrN2O4. The maximum absolute atomic E-state index is 11.1. The number of anilines is 1. The lowest BCUT2D eigenvalue weighted by Gasteiger charge is -2.16. The lowest BCUT2D eigenvalue weighted by atomic mass is 10.1. The highest BCUT2D eigenvalue weighted by Gasteiger charge is 2.17. The third-order valence-corrected chi connectivity index (χ3v) is 3.14. The summed E-state index contributed by atoms with van der Waals surface area (Å²) >= 11 is 3.21. The van der Waals surface area contributed by atoms with Gasteiger partial charge < -0.3 is 20.9 Å². The minimum atomic E-state index is -0.966. The van der Waals surface area contributed by atoms with Gasteiger partial charge in [0.25, 0.3) is 0 Å². The van der Waals surface area contributed by atoms with Gasteiger partial charge in [0.05, 0.1) is 5.56 Å². The third-order valence-electron chi connectivity index (χ3n) is 2.48. The van der Waals surface area contributed by atoms with Gasteiger partial charge >= 0.3 is 5.97 Å². The molecule has 1 aromatic carbocycles. The van der Waals surface area contributed by atoms with E-state index in [-0.39, 0.29) is 0 Å². The van der Waals surface area contributed by atoms with E-state index in [2.05, 4.69) is 21.2 Å². The predicted octanol–water partition coefficient (Wildman–Crippen LogP) is 1.45. The van der Waals surface area contributed by atoms with Crippen molar-refractivity contribution in [2.24, 2.45) is 5.73 Å². The molecular weight excluding hydrogens is 316 g/mol. The molecule has 1 unspecified atom stereocenters. The summed E-state index contributed by atoms with van der Waals surface area (Å²) in [7, 11) is 1.51. The summed E-state index contributed by atoms with van der Waals surface area (Å²) < 4.78 is 5.38. The van der Waals surface area contributed by atoms with E-state index in [1.165, 1.54) is 13.2 Å². The molecule has 7 heteroatoms. The van der Waals surface area contributed by atoms with Crippen LogP contribution >= 0.6 is 15.9 Å². The Morgan fingerprint density at radius 3 is 2.68 bits per heavy atom. The molecule has 0 aromatic heterocycles. The number of hydrogen-bond donors (Lipinski definition) is 3. The second kappa shape index (κ2) is 7.10. The van der Waals surface area contributed by atoms with Gasteiger partial charge in [-0.15, -0.1) is 0 Å². The standard InChI is InChI=1S/C12H15BrN2O4/c1-19-5-4-10(12(17)18)15-7-2-3-8(11(14)16)9(13)6-7/h2-3,6,10,15H,4-5H2,1H3,(H2,14,16)(H,17,18). The summed E-state index contributed by atoms with van der Waals surface area (Å²) in [5.41, 5.74) is 6.11. The van der Waals surface area contributed by atoms with Crippen LogP contribution < -0.4 is 11.1 Å². The van der Waals surface area contributed by atoms with Crippen molar-refractivity contribution in [3.8, 4) is 0 Å². The largest absolute Gasteiger partial charge is 0.480 e. The van der Waals surface area contributed by atoms with Gasteiger partial charge in [-0.1, -0.05) is 0 Å². The molecule has 0 fully saturated rings. The third kappa shape index (κ3) is 4.53. The average molecular weight is 331 g/mol. The fraction of sp³-hybridized carbons (Fsp3) is 0.333. The number of amides is 1.